The van der Waals surface area contributed by atoms with Crippen LogP contribution in [0.15, 0.2) is 84.9 Å². The Kier molecular flexibility index (Phi) is 4.31. The molecule has 1 aliphatic rings. The van der Waals surface area contributed by atoms with Crippen LogP contribution < -0.4 is 0 Å². The van der Waals surface area contributed by atoms with Gasteiger partial charge in [-0.05, 0) is 28.7 Å². The number of carbonyl (C=O) groups excluding carboxylic acids is 1. The van der Waals surface area contributed by atoms with E-state index in [1.807, 2.05) is 72.8 Å². The maximum absolute atomic E-state index is 13.5. The summed E-state index contributed by atoms with van der Waals surface area (Å²) in [5.74, 6) is -0.274. The first-order valence-electron chi connectivity index (χ1n) is 8.89. The van der Waals surface area contributed by atoms with Gasteiger partial charge >= 0.3 is 0 Å². The van der Waals surface area contributed by atoms with E-state index in [4.69, 9.17) is 0 Å². The van der Waals surface area contributed by atoms with Gasteiger partial charge in [0.1, 0.15) is 0 Å². The van der Waals surface area contributed by atoms with E-state index in [-0.39, 0.29) is 5.91 Å². The highest BCUT2D eigenvalue weighted by Crippen LogP contribution is 2.33. The van der Waals surface area contributed by atoms with Crippen LogP contribution in [0.3, 0.4) is 0 Å². The molecule has 0 atom stereocenters. The van der Waals surface area contributed by atoms with E-state index in [9.17, 15) is 9.90 Å². The molecular weight excluding hydrogens is 322 g/mol. The van der Waals surface area contributed by atoms with Crippen molar-refractivity contribution in [2.45, 2.75) is 18.6 Å². The number of carbonyl (C=O) groups is 1. The van der Waals surface area contributed by atoms with Gasteiger partial charge in [-0.3, -0.25) is 4.79 Å². The number of amides is 1. The number of nitrogens with zero attached hydrogens (tertiary/aromatic N) is 1. The van der Waals surface area contributed by atoms with Gasteiger partial charge in [0.15, 0.2) is 5.60 Å². The van der Waals surface area contributed by atoms with Crippen LogP contribution >= 0.6 is 0 Å². The quantitative estimate of drug-likeness (QED) is 0.791. The van der Waals surface area contributed by atoms with E-state index in [1.165, 1.54) is 5.56 Å². The lowest BCUT2D eigenvalue weighted by Crippen LogP contribution is -2.49. The standard InChI is InChI=1S/C23H21NO2/c25-22(24-16-15-18-9-7-8-10-19(18)17-24)23(26,20-11-3-1-4-12-20)21-13-5-2-6-14-21/h1-14,26H,15-17H2. The van der Waals surface area contributed by atoms with E-state index >= 15 is 0 Å². The van der Waals surface area contributed by atoms with Crippen LogP contribution in [0, 0.1) is 0 Å². The van der Waals surface area contributed by atoms with Crippen LogP contribution in [0.25, 0.3) is 0 Å². The van der Waals surface area contributed by atoms with E-state index in [0.29, 0.717) is 24.2 Å². The predicted octanol–water partition coefficient (Wildman–Crippen LogP) is 3.51. The predicted molar refractivity (Wildman–Crippen MR) is 101 cm³/mol. The summed E-state index contributed by atoms with van der Waals surface area (Å²) in [4.78, 5) is 15.3. The highest BCUT2D eigenvalue weighted by molar-refractivity contribution is 5.90. The maximum atomic E-state index is 13.5. The van der Waals surface area contributed by atoms with Gasteiger partial charge in [0.05, 0.1) is 0 Å². The molecule has 0 spiro atoms. The van der Waals surface area contributed by atoms with Gasteiger partial charge in [0.2, 0.25) is 0 Å². The van der Waals surface area contributed by atoms with E-state index in [1.54, 1.807) is 4.90 Å². The fourth-order valence-corrected chi connectivity index (χ4v) is 3.67. The number of rotatable bonds is 3. The summed E-state index contributed by atoms with van der Waals surface area (Å²) in [6, 6.07) is 26.6. The van der Waals surface area contributed by atoms with Crippen molar-refractivity contribution in [2.75, 3.05) is 6.54 Å². The zero-order chi connectivity index (χ0) is 18.0. The Labute approximate surface area is 153 Å². The molecule has 1 heterocycles. The molecule has 0 fully saturated rings. The Morgan fingerprint density at radius 2 is 1.27 bits per heavy atom. The summed E-state index contributed by atoms with van der Waals surface area (Å²) in [5.41, 5.74) is 1.93. The molecule has 0 bridgehead atoms. The van der Waals surface area contributed by atoms with Crippen molar-refractivity contribution in [1.82, 2.24) is 4.90 Å². The fourth-order valence-electron chi connectivity index (χ4n) is 3.67. The molecule has 0 radical (unpaired) electrons. The Hall–Kier alpha value is -2.91. The van der Waals surface area contributed by atoms with Gasteiger partial charge in [-0.2, -0.15) is 0 Å². The van der Waals surface area contributed by atoms with Crippen molar-refractivity contribution < 1.29 is 9.90 Å². The van der Waals surface area contributed by atoms with Gasteiger partial charge in [-0.1, -0.05) is 84.9 Å². The van der Waals surface area contributed by atoms with Crippen LogP contribution in [-0.4, -0.2) is 22.5 Å². The number of benzene rings is 3. The van der Waals surface area contributed by atoms with Gasteiger partial charge in [-0.15, -0.1) is 0 Å². The Morgan fingerprint density at radius 3 is 1.85 bits per heavy atom. The molecule has 26 heavy (non-hydrogen) atoms. The topological polar surface area (TPSA) is 40.5 Å². The minimum Gasteiger partial charge on any atom is -0.372 e. The SMILES string of the molecule is O=C(N1CCc2ccccc2C1)C(O)(c1ccccc1)c1ccccc1. The monoisotopic (exact) mass is 343 g/mol. The normalized spacial score (nSPS) is 14.0. The molecular formula is C23H21NO2. The molecule has 1 N–H and O–H groups in total. The van der Waals surface area contributed by atoms with Crippen LogP contribution in [0.5, 0.6) is 0 Å². The largest absolute Gasteiger partial charge is 0.372 e. The first-order chi connectivity index (χ1) is 12.7. The maximum Gasteiger partial charge on any atom is 0.264 e. The third-order valence-corrected chi connectivity index (χ3v) is 5.11. The molecule has 3 heteroatoms. The van der Waals surface area contributed by atoms with Gasteiger partial charge in [-0.25, -0.2) is 0 Å². The third kappa shape index (κ3) is 2.80. The molecule has 130 valence electrons. The summed E-state index contributed by atoms with van der Waals surface area (Å²) < 4.78 is 0. The third-order valence-electron chi connectivity index (χ3n) is 5.11. The van der Waals surface area contributed by atoms with Crippen molar-refractivity contribution >= 4 is 5.91 Å². The van der Waals surface area contributed by atoms with Gasteiger partial charge < -0.3 is 10.0 Å². The van der Waals surface area contributed by atoms with Crippen LogP contribution in [0.2, 0.25) is 0 Å². The van der Waals surface area contributed by atoms with Crippen LogP contribution in [0.4, 0.5) is 0 Å². The lowest BCUT2D eigenvalue weighted by molar-refractivity contribution is -0.149. The molecule has 0 saturated heterocycles. The van der Waals surface area contributed by atoms with Crippen LogP contribution in [-0.2, 0) is 23.4 Å². The Morgan fingerprint density at radius 1 is 0.769 bits per heavy atom. The molecule has 0 aliphatic carbocycles. The molecule has 3 nitrogen and oxygen atoms in total. The molecule has 4 rings (SSSR count). The van der Waals surface area contributed by atoms with E-state index in [0.717, 1.165) is 12.0 Å². The second kappa shape index (κ2) is 6.77. The number of hydrogen-bond donors (Lipinski definition) is 1. The molecule has 3 aromatic rings. The van der Waals surface area contributed by atoms with Crippen LogP contribution in [0.1, 0.15) is 22.3 Å². The lowest BCUT2D eigenvalue weighted by atomic mass is 9.84. The summed E-state index contributed by atoms with van der Waals surface area (Å²) in [6.07, 6.45) is 0.807. The van der Waals surface area contributed by atoms with Crippen molar-refractivity contribution in [3.63, 3.8) is 0 Å². The summed E-state index contributed by atoms with van der Waals surface area (Å²) >= 11 is 0. The number of fused-ring (bicyclic) bond motifs is 1. The van der Waals surface area contributed by atoms with Crippen molar-refractivity contribution in [3.8, 4) is 0 Å². The summed E-state index contributed by atoms with van der Waals surface area (Å²) in [5, 5.41) is 11.6. The second-order valence-electron chi connectivity index (χ2n) is 6.69. The molecule has 1 amide bonds. The van der Waals surface area contributed by atoms with Gasteiger partial charge in [0, 0.05) is 13.1 Å². The molecule has 0 saturated carbocycles. The first kappa shape index (κ1) is 16.6. The molecule has 0 aromatic heterocycles. The highest BCUT2D eigenvalue weighted by atomic mass is 16.3. The Bertz CT molecular complexity index is 866. The van der Waals surface area contributed by atoms with Crippen molar-refractivity contribution in [3.05, 3.63) is 107 Å². The summed E-state index contributed by atoms with van der Waals surface area (Å²) in [7, 11) is 0. The van der Waals surface area contributed by atoms with Gasteiger partial charge in [0.25, 0.3) is 5.91 Å². The minimum absolute atomic E-state index is 0.274. The van der Waals surface area contributed by atoms with E-state index in [2.05, 4.69) is 12.1 Å². The zero-order valence-electron chi connectivity index (χ0n) is 14.5. The number of aliphatic hydroxyl groups is 1. The average molecular weight is 343 g/mol. The number of hydrogen-bond acceptors (Lipinski definition) is 2. The average Bonchev–Trinajstić information content (AvgIpc) is 2.73. The molecule has 3 aromatic carbocycles. The fraction of sp³-hybridized carbons (Fsp3) is 0.174. The first-order valence-corrected chi connectivity index (χ1v) is 8.89. The molecule has 1 aliphatic heterocycles. The van der Waals surface area contributed by atoms with Crippen molar-refractivity contribution in [2.24, 2.45) is 0 Å². The van der Waals surface area contributed by atoms with E-state index < -0.39 is 5.60 Å². The van der Waals surface area contributed by atoms with Crippen molar-refractivity contribution in [1.29, 1.82) is 0 Å². The summed E-state index contributed by atoms with van der Waals surface area (Å²) in [6.45, 7) is 1.13. The highest BCUT2D eigenvalue weighted by Gasteiger charge is 2.43. The molecule has 0 unspecified atom stereocenters. The second-order valence-corrected chi connectivity index (χ2v) is 6.69. The zero-order valence-corrected chi connectivity index (χ0v) is 14.5. The lowest BCUT2D eigenvalue weighted by Gasteiger charge is -2.36. The smallest absolute Gasteiger partial charge is 0.264 e. The minimum atomic E-state index is -1.69. The Balaban J connectivity index is 1.75.